The van der Waals surface area contributed by atoms with Gasteiger partial charge in [-0.3, -0.25) is 0 Å². The number of methoxy groups -OCH3 is 1. The summed E-state index contributed by atoms with van der Waals surface area (Å²) in [6, 6.07) is 1.40. The molecule has 1 rings (SSSR count). The number of carbonyl (C=O) groups excluding carboxylic acids is 1. The number of hydrogen-bond acceptors (Lipinski definition) is 5. The zero-order valence-corrected chi connectivity index (χ0v) is 8.88. The lowest BCUT2D eigenvalue weighted by Gasteiger charge is -2.15. The molecular formula is C10H15NO5. The normalized spacial score (nSPS) is 14.5. The highest BCUT2D eigenvalue weighted by Gasteiger charge is 2.20. The summed E-state index contributed by atoms with van der Waals surface area (Å²) in [7, 11) is 1.25. The second-order valence-electron chi connectivity index (χ2n) is 3.36. The van der Waals surface area contributed by atoms with Crippen LogP contribution in [0.2, 0.25) is 0 Å². The van der Waals surface area contributed by atoms with Crippen LogP contribution in [0.25, 0.3) is 0 Å². The van der Waals surface area contributed by atoms with Crippen molar-refractivity contribution in [3.8, 4) is 0 Å². The number of aliphatic hydroxyl groups excluding tert-OH is 3. The van der Waals surface area contributed by atoms with Crippen molar-refractivity contribution in [2.75, 3.05) is 13.7 Å². The average molecular weight is 229 g/mol. The quantitative estimate of drug-likeness (QED) is 0.513. The Labute approximate surface area is 92.5 Å². The number of carbonyl (C=O) groups is 1. The van der Waals surface area contributed by atoms with Crippen LogP contribution in [0, 0.1) is 0 Å². The van der Waals surface area contributed by atoms with Crippen molar-refractivity contribution < 1.29 is 24.9 Å². The third-order valence-electron chi connectivity index (χ3n) is 2.24. The molecule has 1 heterocycles. The Kier molecular flexibility index (Phi) is 4.48. The maximum Gasteiger partial charge on any atom is 0.354 e. The van der Waals surface area contributed by atoms with E-state index in [0.717, 1.165) is 0 Å². The van der Waals surface area contributed by atoms with Gasteiger partial charge in [0.2, 0.25) is 0 Å². The average Bonchev–Trinajstić information content (AvgIpc) is 2.76. The lowest BCUT2D eigenvalue weighted by molar-refractivity contribution is 0.00426. The van der Waals surface area contributed by atoms with Gasteiger partial charge in [0, 0.05) is 18.4 Å². The Bertz CT molecular complexity index is 349. The van der Waals surface area contributed by atoms with Crippen molar-refractivity contribution in [3.05, 3.63) is 23.5 Å². The largest absolute Gasteiger partial charge is 0.464 e. The smallest absolute Gasteiger partial charge is 0.354 e. The lowest BCUT2D eigenvalue weighted by atomic mass is 10.1. The fourth-order valence-corrected chi connectivity index (χ4v) is 1.32. The molecule has 2 atom stereocenters. The van der Waals surface area contributed by atoms with Crippen LogP contribution < -0.4 is 0 Å². The zero-order valence-electron chi connectivity index (χ0n) is 8.88. The standard InChI is InChI=1S/C10H15NO5/c1-16-10(15)7-4-6(5-11-7)9(14)8(13)2-3-12/h4-5,8-9,11-14H,2-3H2,1H3. The van der Waals surface area contributed by atoms with Crippen LogP contribution >= 0.6 is 0 Å². The van der Waals surface area contributed by atoms with Crippen LogP contribution in [0.5, 0.6) is 0 Å². The first-order valence-electron chi connectivity index (χ1n) is 4.83. The first-order chi connectivity index (χ1) is 7.60. The SMILES string of the molecule is COC(=O)c1cc(C(O)C(O)CCO)c[nH]1. The van der Waals surface area contributed by atoms with E-state index in [-0.39, 0.29) is 18.7 Å². The minimum absolute atomic E-state index is 0.0693. The van der Waals surface area contributed by atoms with Gasteiger partial charge in [-0.1, -0.05) is 0 Å². The summed E-state index contributed by atoms with van der Waals surface area (Å²) < 4.78 is 4.48. The monoisotopic (exact) mass is 229 g/mol. The molecule has 4 N–H and O–H groups in total. The van der Waals surface area contributed by atoms with Gasteiger partial charge in [-0.25, -0.2) is 4.79 Å². The number of aromatic amines is 1. The number of esters is 1. The molecule has 0 radical (unpaired) electrons. The van der Waals surface area contributed by atoms with Crippen LogP contribution in [0.4, 0.5) is 0 Å². The summed E-state index contributed by atoms with van der Waals surface area (Å²) in [5.74, 6) is -0.546. The molecule has 0 saturated heterocycles. The Balaban J connectivity index is 2.73. The number of H-pyrrole nitrogens is 1. The van der Waals surface area contributed by atoms with Crippen molar-refractivity contribution in [3.63, 3.8) is 0 Å². The fraction of sp³-hybridized carbons (Fsp3) is 0.500. The molecule has 0 fully saturated rings. The second-order valence-corrected chi connectivity index (χ2v) is 3.36. The van der Waals surface area contributed by atoms with E-state index in [1.165, 1.54) is 19.4 Å². The van der Waals surface area contributed by atoms with E-state index in [9.17, 15) is 15.0 Å². The van der Waals surface area contributed by atoms with E-state index in [0.29, 0.717) is 5.56 Å². The minimum Gasteiger partial charge on any atom is -0.464 e. The van der Waals surface area contributed by atoms with Crippen LogP contribution in [0.3, 0.4) is 0 Å². The predicted octanol–water partition coefficient (Wildman–Crippen LogP) is -0.422. The fourth-order valence-electron chi connectivity index (χ4n) is 1.32. The molecule has 0 saturated carbocycles. The minimum atomic E-state index is -1.14. The van der Waals surface area contributed by atoms with Crippen molar-refractivity contribution in [2.45, 2.75) is 18.6 Å². The van der Waals surface area contributed by atoms with E-state index in [4.69, 9.17) is 5.11 Å². The topological polar surface area (TPSA) is 103 Å². The van der Waals surface area contributed by atoms with Gasteiger partial charge in [0.15, 0.2) is 0 Å². The molecule has 6 heteroatoms. The molecule has 0 amide bonds. The number of ether oxygens (including phenoxy) is 1. The van der Waals surface area contributed by atoms with E-state index in [2.05, 4.69) is 9.72 Å². The molecule has 1 aromatic rings. The van der Waals surface area contributed by atoms with Crippen LogP contribution in [-0.4, -0.2) is 46.1 Å². The summed E-state index contributed by atoms with van der Waals surface area (Å²) in [6.45, 7) is -0.216. The number of aromatic nitrogens is 1. The van der Waals surface area contributed by atoms with Crippen molar-refractivity contribution >= 4 is 5.97 Å². The van der Waals surface area contributed by atoms with Crippen molar-refractivity contribution in [1.82, 2.24) is 4.98 Å². The Morgan fingerprint density at radius 2 is 2.25 bits per heavy atom. The van der Waals surface area contributed by atoms with Gasteiger partial charge in [-0.15, -0.1) is 0 Å². The summed E-state index contributed by atoms with van der Waals surface area (Å²) >= 11 is 0. The van der Waals surface area contributed by atoms with Crippen LogP contribution in [0.15, 0.2) is 12.3 Å². The molecule has 1 aromatic heterocycles. The molecule has 2 unspecified atom stereocenters. The van der Waals surface area contributed by atoms with Gasteiger partial charge >= 0.3 is 5.97 Å². The molecule has 6 nitrogen and oxygen atoms in total. The Hall–Kier alpha value is -1.37. The van der Waals surface area contributed by atoms with E-state index < -0.39 is 18.2 Å². The molecule has 0 aromatic carbocycles. The van der Waals surface area contributed by atoms with E-state index in [1.54, 1.807) is 0 Å². The maximum atomic E-state index is 11.1. The summed E-state index contributed by atoms with van der Waals surface area (Å²) in [4.78, 5) is 13.7. The highest BCUT2D eigenvalue weighted by molar-refractivity contribution is 5.87. The van der Waals surface area contributed by atoms with Gasteiger partial charge in [-0.05, 0) is 12.5 Å². The molecule has 90 valence electrons. The molecule has 0 aliphatic rings. The third kappa shape index (κ3) is 2.82. The summed E-state index contributed by atoms with van der Waals surface area (Å²) in [6.07, 6.45) is -0.717. The van der Waals surface area contributed by atoms with Gasteiger partial charge in [0.25, 0.3) is 0 Å². The molecular weight excluding hydrogens is 214 g/mol. The number of nitrogens with one attached hydrogen (secondary N) is 1. The Morgan fingerprint density at radius 1 is 1.56 bits per heavy atom. The third-order valence-corrected chi connectivity index (χ3v) is 2.24. The van der Waals surface area contributed by atoms with Gasteiger partial charge < -0.3 is 25.0 Å². The van der Waals surface area contributed by atoms with Crippen LogP contribution in [-0.2, 0) is 4.74 Å². The first-order valence-corrected chi connectivity index (χ1v) is 4.83. The number of rotatable bonds is 5. The van der Waals surface area contributed by atoms with Gasteiger partial charge in [0.1, 0.15) is 11.8 Å². The summed E-state index contributed by atoms with van der Waals surface area (Å²) in [5, 5.41) is 27.7. The molecule has 16 heavy (non-hydrogen) atoms. The van der Waals surface area contributed by atoms with Crippen molar-refractivity contribution in [2.24, 2.45) is 0 Å². The lowest BCUT2D eigenvalue weighted by Crippen LogP contribution is -2.19. The van der Waals surface area contributed by atoms with Gasteiger partial charge in [-0.2, -0.15) is 0 Å². The Morgan fingerprint density at radius 3 is 2.81 bits per heavy atom. The number of hydrogen-bond donors (Lipinski definition) is 4. The molecule has 0 aliphatic heterocycles. The van der Waals surface area contributed by atoms with E-state index in [1.807, 2.05) is 0 Å². The van der Waals surface area contributed by atoms with Gasteiger partial charge in [0.05, 0.1) is 13.2 Å². The second kappa shape index (κ2) is 5.64. The highest BCUT2D eigenvalue weighted by Crippen LogP contribution is 2.19. The summed E-state index contributed by atoms with van der Waals surface area (Å²) in [5.41, 5.74) is 0.578. The number of aliphatic hydroxyl groups is 3. The predicted molar refractivity (Wildman–Crippen MR) is 54.8 cm³/mol. The van der Waals surface area contributed by atoms with Crippen LogP contribution in [0.1, 0.15) is 28.6 Å². The maximum absolute atomic E-state index is 11.1. The zero-order chi connectivity index (χ0) is 12.1. The van der Waals surface area contributed by atoms with E-state index >= 15 is 0 Å². The molecule has 0 bridgehead atoms. The van der Waals surface area contributed by atoms with Crippen molar-refractivity contribution in [1.29, 1.82) is 0 Å². The molecule has 0 spiro atoms. The molecule has 0 aliphatic carbocycles. The highest BCUT2D eigenvalue weighted by atomic mass is 16.5. The first kappa shape index (κ1) is 12.7.